The highest BCUT2D eigenvalue weighted by Gasteiger charge is 2.23. The molecule has 0 radical (unpaired) electrons. The number of nitrogens with zero attached hydrogens (tertiary/aromatic N) is 1. The number of Topliss-reactive ketones (excluding diaryl/α,β-unsaturated/α-hetero) is 1. The van der Waals surface area contributed by atoms with Crippen LogP contribution in [0, 0.1) is 0 Å². The van der Waals surface area contributed by atoms with E-state index in [2.05, 4.69) is 4.98 Å². The van der Waals surface area contributed by atoms with Crippen LogP contribution >= 0.6 is 0 Å². The van der Waals surface area contributed by atoms with Crippen molar-refractivity contribution in [3.63, 3.8) is 0 Å². The van der Waals surface area contributed by atoms with Gasteiger partial charge in [-0.1, -0.05) is 30.3 Å². The minimum atomic E-state index is -0.542. The van der Waals surface area contributed by atoms with E-state index in [1.54, 1.807) is 12.3 Å². The zero-order valence-electron chi connectivity index (χ0n) is 8.55. The third-order valence-corrected chi connectivity index (χ3v) is 2.84. The maximum atomic E-state index is 12.0. The molecule has 78 valence electrons. The first-order chi connectivity index (χ1) is 7.77. The summed E-state index contributed by atoms with van der Waals surface area (Å²) >= 11 is 0. The molecule has 0 fully saturated rings. The summed E-state index contributed by atoms with van der Waals surface area (Å²) in [7, 11) is 0. The molecule has 1 aliphatic rings. The third-order valence-electron chi connectivity index (χ3n) is 2.84. The lowest BCUT2D eigenvalue weighted by Crippen LogP contribution is -2.31. The van der Waals surface area contributed by atoms with Gasteiger partial charge in [-0.2, -0.15) is 0 Å². The van der Waals surface area contributed by atoms with Crippen molar-refractivity contribution >= 4 is 22.6 Å². The molecule has 0 saturated carbocycles. The zero-order valence-corrected chi connectivity index (χ0v) is 8.55. The lowest BCUT2D eigenvalue weighted by atomic mass is 9.93. The van der Waals surface area contributed by atoms with Crippen LogP contribution < -0.4 is 5.73 Å². The molecule has 3 heteroatoms. The topological polar surface area (TPSA) is 56.0 Å². The molecule has 2 N–H and O–H groups in total. The van der Waals surface area contributed by atoms with Gasteiger partial charge in [0.1, 0.15) is 0 Å². The van der Waals surface area contributed by atoms with Gasteiger partial charge in [-0.05, 0) is 11.5 Å². The normalized spacial score (nSPS) is 18.8. The smallest absolute Gasteiger partial charge is 0.186 e. The van der Waals surface area contributed by atoms with Crippen molar-refractivity contribution in [2.24, 2.45) is 5.73 Å². The first-order valence-corrected chi connectivity index (χ1v) is 5.13. The Balaban J connectivity index is 2.42. The largest absolute Gasteiger partial charge is 0.318 e. The van der Waals surface area contributed by atoms with Crippen LogP contribution in [0.25, 0.3) is 16.8 Å². The molecule has 0 saturated heterocycles. The number of aromatic nitrogens is 1. The van der Waals surface area contributed by atoms with Gasteiger partial charge in [0.05, 0.1) is 17.3 Å². The molecule has 1 heterocycles. The van der Waals surface area contributed by atoms with E-state index in [9.17, 15) is 4.79 Å². The van der Waals surface area contributed by atoms with Crippen LogP contribution in [-0.4, -0.2) is 16.8 Å². The van der Waals surface area contributed by atoms with Crippen molar-refractivity contribution < 1.29 is 4.79 Å². The number of rotatable bonds is 0. The Labute approximate surface area is 92.6 Å². The Kier molecular flexibility index (Phi) is 1.88. The molecule has 3 nitrogen and oxygen atoms in total. The number of fused-ring (bicyclic) bond motifs is 3. The van der Waals surface area contributed by atoms with Crippen LogP contribution in [0.1, 0.15) is 16.1 Å². The molecule has 2 aromatic rings. The Morgan fingerprint density at radius 3 is 2.94 bits per heavy atom. The predicted octanol–water partition coefficient (Wildman–Crippen LogP) is 1.77. The minimum absolute atomic E-state index is 0.0539. The van der Waals surface area contributed by atoms with Crippen molar-refractivity contribution in [2.45, 2.75) is 6.04 Å². The molecule has 16 heavy (non-hydrogen) atoms. The zero-order chi connectivity index (χ0) is 11.1. The monoisotopic (exact) mass is 210 g/mol. The fourth-order valence-corrected chi connectivity index (χ4v) is 2.01. The molecule has 1 unspecified atom stereocenters. The van der Waals surface area contributed by atoms with Crippen molar-refractivity contribution in [3.8, 4) is 0 Å². The number of hydrogen-bond acceptors (Lipinski definition) is 3. The number of carbonyl (C=O) groups is 1. The minimum Gasteiger partial charge on any atom is -0.318 e. The van der Waals surface area contributed by atoms with E-state index in [4.69, 9.17) is 5.73 Å². The van der Waals surface area contributed by atoms with Gasteiger partial charge in [-0.25, -0.2) is 0 Å². The maximum absolute atomic E-state index is 12.0. The summed E-state index contributed by atoms with van der Waals surface area (Å²) in [5.41, 5.74) is 7.08. The third kappa shape index (κ3) is 1.19. The van der Waals surface area contributed by atoms with Crippen molar-refractivity contribution in [2.75, 3.05) is 0 Å². The van der Waals surface area contributed by atoms with Crippen LogP contribution in [-0.2, 0) is 0 Å². The SMILES string of the molecule is NC1C=Cc2ncc3ccccc3c2C1=O. The van der Waals surface area contributed by atoms with Crippen molar-refractivity contribution in [1.29, 1.82) is 0 Å². The number of pyridine rings is 1. The molecule has 0 amide bonds. The van der Waals surface area contributed by atoms with E-state index >= 15 is 0 Å². The summed E-state index contributed by atoms with van der Waals surface area (Å²) in [4.78, 5) is 16.3. The summed E-state index contributed by atoms with van der Waals surface area (Å²) < 4.78 is 0. The molecular formula is C13H10N2O. The van der Waals surface area contributed by atoms with E-state index in [-0.39, 0.29) is 5.78 Å². The quantitative estimate of drug-likeness (QED) is 0.721. The Morgan fingerprint density at radius 1 is 1.25 bits per heavy atom. The number of benzene rings is 1. The van der Waals surface area contributed by atoms with E-state index in [0.717, 1.165) is 10.8 Å². The van der Waals surface area contributed by atoms with Crippen molar-refractivity contribution in [1.82, 2.24) is 4.98 Å². The molecule has 0 spiro atoms. The van der Waals surface area contributed by atoms with Crippen LogP contribution in [0.3, 0.4) is 0 Å². The first-order valence-electron chi connectivity index (χ1n) is 5.13. The predicted molar refractivity (Wildman–Crippen MR) is 63.1 cm³/mol. The second-order valence-electron chi connectivity index (χ2n) is 3.85. The molecular weight excluding hydrogens is 200 g/mol. The molecule has 1 aromatic heterocycles. The van der Waals surface area contributed by atoms with Gasteiger partial charge in [-0.15, -0.1) is 0 Å². The second-order valence-corrected chi connectivity index (χ2v) is 3.85. The van der Waals surface area contributed by atoms with Crippen LogP contribution in [0.2, 0.25) is 0 Å². The highest BCUT2D eigenvalue weighted by molar-refractivity contribution is 6.14. The van der Waals surface area contributed by atoms with Crippen LogP contribution in [0.4, 0.5) is 0 Å². The number of carbonyl (C=O) groups excluding carboxylic acids is 1. The second kappa shape index (κ2) is 3.25. The van der Waals surface area contributed by atoms with Gasteiger partial charge in [0.25, 0.3) is 0 Å². The molecule has 0 bridgehead atoms. The van der Waals surface area contributed by atoms with Crippen LogP contribution in [0.15, 0.2) is 36.5 Å². The Hall–Kier alpha value is -2.00. The molecule has 1 atom stereocenters. The van der Waals surface area contributed by atoms with Crippen molar-refractivity contribution in [3.05, 3.63) is 47.8 Å². The van der Waals surface area contributed by atoms with Gasteiger partial charge < -0.3 is 5.73 Å². The lowest BCUT2D eigenvalue weighted by Gasteiger charge is -2.15. The van der Waals surface area contributed by atoms with Gasteiger partial charge in [0.15, 0.2) is 5.78 Å². The first kappa shape index (κ1) is 9.24. The van der Waals surface area contributed by atoms with E-state index in [1.165, 1.54) is 0 Å². The molecule has 3 rings (SSSR count). The summed E-state index contributed by atoms with van der Waals surface area (Å²) in [6, 6.07) is 7.18. The van der Waals surface area contributed by atoms with Gasteiger partial charge >= 0.3 is 0 Å². The highest BCUT2D eigenvalue weighted by Crippen LogP contribution is 2.25. The number of ketones is 1. The molecule has 0 aliphatic heterocycles. The summed E-state index contributed by atoms with van der Waals surface area (Å²) in [6.45, 7) is 0. The standard InChI is InChI=1S/C13H10N2O/c14-10-5-6-11-12(13(10)16)9-4-2-1-3-8(9)7-15-11/h1-7,10H,14H2. The van der Waals surface area contributed by atoms with Gasteiger partial charge in [0, 0.05) is 11.6 Å². The fraction of sp³-hybridized carbons (Fsp3) is 0.0769. The summed E-state index contributed by atoms with van der Waals surface area (Å²) in [6.07, 6.45) is 5.28. The Bertz CT molecular complexity index is 616. The van der Waals surface area contributed by atoms with E-state index in [0.29, 0.717) is 11.3 Å². The average Bonchev–Trinajstić information content (AvgIpc) is 2.33. The van der Waals surface area contributed by atoms with E-state index < -0.39 is 6.04 Å². The summed E-state index contributed by atoms with van der Waals surface area (Å²) in [5, 5.41) is 1.90. The average molecular weight is 210 g/mol. The number of nitrogens with two attached hydrogens (primary N) is 1. The summed E-state index contributed by atoms with van der Waals surface area (Å²) in [5.74, 6) is -0.0539. The van der Waals surface area contributed by atoms with E-state index in [1.807, 2.05) is 30.3 Å². The molecule has 1 aliphatic carbocycles. The van der Waals surface area contributed by atoms with Crippen LogP contribution in [0.5, 0.6) is 0 Å². The maximum Gasteiger partial charge on any atom is 0.186 e. The highest BCUT2D eigenvalue weighted by atomic mass is 16.1. The molecule has 1 aromatic carbocycles. The fourth-order valence-electron chi connectivity index (χ4n) is 2.01. The Morgan fingerprint density at radius 2 is 2.06 bits per heavy atom. The van der Waals surface area contributed by atoms with Gasteiger partial charge in [0.2, 0.25) is 0 Å². The lowest BCUT2D eigenvalue weighted by molar-refractivity contribution is 0.0977. The van der Waals surface area contributed by atoms with Gasteiger partial charge in [-0.3, -0.25) is 9.78 Å². The number of hydrogen-bond donors (Lipinski definition) is 1.